The summed E-state index contributed by atoms with van der Waals surface area (Å²) in [6.07, 6.45) is -5.73. The summed E-state index contributed by atoms with van der Waals surface area (Å²) in [5.41, 5.74) is 2.32. The monoisotopic (exact) mass is 465 g/mol. The highest BCUT2D eigenvalue weighted by Gasteiger charge is 2.49. The topological polar surface area (TPSA) is 82.4 Å². The smallest absolute Gasteiger partial charge is 0.409 e. The number of hydrogen-bond donors (Lipinski definition) is 1. The fourth-order valence-corrected chi connectivity index (χ4v) is 3.69. The van der Waals surface area contributed by atoms with E-state index < -0.39 is 37.1 Å². The molecule has 9 heteroatoms. The van der Waals surface area contributed by atoms with Crippen LogP contribution in [-0.2, 0) is 9.59 Å². The van der Waals surface area contributed by atoms with Crippen molar-refractivity contribution < 1.29 is 27.5 Å². The van der Waals surface area contributed by atoms with Gasteiger partial charge in [-0.1, -0.05) is 36.4 Å². The minimum atomic E-state index is -4.81. The lowest BCUT2D eigenvalue weighted by Gasteiger charge is -2.31. The lowest BCUT2D eigenvalue weighted by Crippen LogP contribution is -2.51. The number of alkyl halides is 3. The Hall–Kier alpha value is -4.32. The fourth-order valence-electron chi connectivity index (χ4n) is 3.69. The molecule has 3 aromatic carbocycles. The Morgan fingerprint density at radius 3 is 2.26 bits per heavy atom. The van der Waals surface area contributed by atoms with Gasteiger partial charge in [0.1, 0.15) is 11.8 Å². The number of para-hydroxylation sites is 2. The van der Waals surface area contributed by atoms with Crippen molar-refractivity contribution >= 4 is 23.2 Å². The standard InChI is InChI=1S/C25H18F3N3O3/c26-25(27,28)22-13-23(32)30-20-3-1-2-4-21(20)31(22)24(33)15-34-19-11-9-18(10-12-19)17-7-5-16(14-29)6-8-17/h1-12,22H,13,15H2,(H,30,32). The van der Waals surface area contributed by atoms with Gasteiger partial charge in [-0.25, -0.2) is 0 Å². The summed E-state index contributed by atoms with van der Waals surface area (Å²) >= 11 is 0. The molecule has 1 aliphatic heterocycles. The molecule has 4 rings (SSSR count). The van der Waals surface area contributed by atoms with Crippen LogP contribution in [0.5, 0.6) is 5.75 Å². The molecule has 3 aromatic rings. The summed E-state index contributed by atoms with van der Waals surface area (Å²) in [6, 6.07) is 19.2. The Morgan fingerprint density at radius 2 is 1.65 bits per heavy atom. The van der Waals surface area contributed by atoms with Gasteiger partial charge in [0.05, 0.1) is 29.4 Å². The molecule has 0 fully saturated rings. The van der Waals surface area contributed by atoms with E-state index in [0.29, 0.717) is 16.2 Å². The van der Waals surface area contributed by atoms with E-state index in [0.717, 1.165) is 11.1 Å². The first-order valence-electron chi connectivity index (χ1n) is 10.3. The van der Waals surface area contributed by atoms with Gasteiger partial charge in [0.15, 0.2) is 6.61 Å². The third-order valence-corrected chi connectivity index (χ3v) is 5.34. The van der Waals surface area contributed by atoms with Crippen molar-refractivity contribution in [2.45, 2.75) is 18.6 Å². The second-order valence-electron chi connectivity index (χ2n) is 7.59. The zero-order valence-electron chi connectivity index (χ0n) is 17.7. The first kappa shape index (κ1) is 22.9. The Balaban J connectivity index is 1.52. The van der Waals surface area contributed by atoms with Crippen LogP contribution in [0.15, 0.2) is 72.8 Å². The third kappa shape index (κ3) is 4.86. The van der Waals surface area contributed by atoms with E-state index in [-0.39, 0.29) is 11.4 Å². The van der Waals surface area contributed by atoms with Gasteiger partial charge >= 0.3 is 6.18 Å². The van der Waals surface area contributed by atoms with Crippen molar-refractivity contribution in [1.29, 1.82) is 5.26 Å². The molecule has 0 radical (unpaired) electrons. The quantitative estimate of drug-likeness (QED) is 0.594. The molecule has 0 spiro atoms. The summed E-state index contributed by atoms with van der Waals surface area (Å²) in [5.74, 6) is -1.46. The number of ether oxygens (including phenoxy) is 1. The van der Waals surface area contributed by atoms with E-state index >= 15 is 0 Å². The van der Waals surface area contributed by atoms with Gasteiger partial charge in [-0.3, -0.25) is 14.5 Å². The predicted octanol–water partition coefficient (Wildman–Crippen LogP) is 4.91. The molecule has 1 heterocycles. The number of hydrogen-bond acceptors (Lipinski definition) is 4. The molecule has 0 saturated carbocycles. The van der Waals surface area contributed by atoms with E-state index in [9.17, 15) is 22.8 Å². The van der Waals surface area contributed by atoms with E-state index in [2.05, 4.69) is 5.32 Å². The Labute approximate surface area is 193 Å². The second-order valence-corrected chi connectivity index (χ2v) is 7.59. The number of nitriles is 1. The maximum absolute atomic E-state index is 13.8. The van der Waals surface area contributed by atoms with Crippen LogP contribution in [0.4, 0.5) is 24.5 Å². The van der Waals surface area contributed by atoms with Crippen molar-refractivity contribution in [2.75, 3.05) is 16.8 Å². The maximum atomic E-state index is 13.8. The highest BCUT2D eigenvalue weighted by atomic mass is 19.4. The van der Waals surface area contributed by atoms with E-state index in [1.807, 2.05) is 6.07 Å². The molecular formula is C25H18F3N3O3. The van der Waals surface area contributed by atoms with Crippen LogP contribution < -0.4 is 15.0 Å². The summed E-state index contributed by atoms with van der Waals surface area (Å²) in [7, 11) is 0. The maximum Gasteiger partial charge on any atom is 0.409 e. The average molecular weight is 465 g/mol. The number of halogens is 3. The highest BCUT2D eigenvalue weighted by molar-refractivity contribution is 6.05. The van der Waals surface area contributed by atoms with Crippen LogP contribution in [0.2, 0.25) is 0 Å². The molecule has 0 aliphatic carbocycles. The number of nitrogens with one attached hydrogen (secondary N) is 1. The number of rotatable bonds is 4. The van der Waals surface area contributed by atoms with Crippen LogP contribution >= 0.6 is 0 Å². The van der Waals surface area contributed by atoms with Crippen LogP contribution in [0, 0.1) is 11.3 Å². The largest absolute Gasteiger partial charge is 0.484 e. The van der Waals surface area contributed by atoms with Gasteiger partial charge in [-0.05, 0) is 47.5 Å². The molecule has 0 aromatic heterocycles. The van der Waals surface area contributed by atoms with Gasteiger partial charge < -0.3 is 10.1 Å². The summed E-state index contributed by atoms with van der Waals surface area (Å²) in [4.78, 5) is 25.6. The number of carbonyl (C=O) groups is 2. The van der Waals surface area contributed by atoms with Crippen molar-refractivity contribution in [2.24, 2.45) is 0 Å². The minimum absolute atomic E-state index is 0.0413. The molecule has 1 atom stereocenters. The normalized spacial score (nSPS) is 15.5. The van der Waals surface area contributed by atoms with Crippen molar-refractivity contribution in [3.63, 3.8) is 0 Å². The molecule has 0 saturated heterocycles. The number of carbonyl (C=O) groups excluding carboxylic acids is 2. The number of fused-ring (bicyclic) bond motifs is 1. The Kier molecular flexibility index (Phi) is 6.23. The van der Waals surface area contributed by atoms with Crippen LogP contribution in [0.1, 0.15) is 12.0 Å². The zero-order valence-corrected chi connectivity index (χ0v) is 17.7. The molecule has 1 aliphatic rings. The molecule has 2 amide bonds. The third-order valence-electron chi connectivity index (χ3n) is 5.34. The molecule has 1 unspecified atom stereocenters. The number of benzene rings is 3. The lowest BCUT2D eigenvalue weighted by molar-refractivity contribution is -0.158. The number of amides is 2. The second kappa shape index (κ2) is 9.27. The zero-order chi connectivity index (χ0) is 24.3. The first-order chi connectivity index (χ1) is 16.3. The summed E-state index contributed by atoms with van der Waals surface area (Å²) < 4.78 is 46.8. The molecule has 172 valence electrons. The first-order valence-corrected chi connectivity index (χ1v) is 10.3. The average Bonchev–Trinajstić information content (AvgIpc) is 2.98. The van der Waals surface area contributed by atoms with Crippen LogP contribution in [0.25, 0.3) is 11.1 Å². The van der Waals surface area contributed by atoms with Crippen molar-refractivity contribution in [3.05, 3.63) is 78.4 Å². The Bertz CT molecular complexity index is 1250. The van der Waals surface area contributed by atoms with E-state index in [1.165, 1.54) is 18.2 Å². The van der Waals surface area contributed by atoms with Gasteiger partial charge in [0.2, 0.25) is 5.91 Å². The van der Waals surface area contributed by atoms with Gasteiger partial charge in [0, 0.05) is 0 Å². The van der Waals surface area contributed by atoms with Gasteiger partial charge in [-0.15, -0.1) is 0 Å². The molecule has 6 nitrogen and oxygen atoms in total. The van der Waals surface area contributed by atoms with Gasteiger partial charge in [-0.2, -0.15) is 18.4 Å². The fraction of sp³-hybridized carbons (Fsp3) is 0.160. The molecular weight excluding hydrogens is 447 g/mol. The SMILES string of the molecule is N#Cc1ccc(-c2ccc(OCC(=O)N3c4ccccc4NC(=O)CC3C(F)(F)F)cc2)cc1. The predicted molar refractivity (Wildman–Crippen MR) is 119 cm³/mol. The molecule has 1 N–H and O–H groups in total. The van der Waals surface area contributed by atoms with Gasteiger partial charge in [0.25, 0.3) is 5.91 Å². The van der Waals surface area contributed by atoms with Crippen LogP contribution in [0.3, 0.4) is 0 Å². The lowest BCUT2D eigenvalue weighted by atomic mass is 10.0. The highest BCUT2D eigenvalue weighted by Crippen LogP contribution is 2.37. The summed E-state index contributed by atoms with van der Waals surface area (Å²) in [6.45, 7) is -0.648. The minimum Gasteiger partial charge on any atom is -0.484 e. The van der Waals surface area contributed by atoms with E-state index in [4.69, 9.17) is 10.00 Å². The Morgan fingerprint density at radius 1 is 1.03 bits per heavy atom. The van der Waals surface area contributed by atoms with Crippen molar-refractivity contribution in [3.8, 4) is 22.9 Å². The molecule has 34 heavy (non-hydrogen) atoms. The number of anilines is 2. The summed E-state index contributed by atoms with van der Waals surface area (Å²) in [5, 5.41) is 11.3. The van der Waals surface area contributed by atoms with E-state index in [1.54, 1.807) is 54.6 Å². The van der Waals surface area contributed by atoms with Crippen molar-refractivity contribution in [1.82, 2.24) is 0 Å². The molecule has 0 bridgehead atoms. The number of nitrogens with zero attached hydrogens (tertiary/aromatic N) is 2. The van der Waals surface area contributed by atoms with Crippen LogP contribution in [-0.4, -0.2) is 30.6 Å².